The number of halogens is 1. The zero-order chi connectivity index (χ0) is 18.2. The van der Waals surface area contributed by atoms with Gasteiger partial charge in [-0.3, -0.25) is 9.59 Å². The summed E-state index contributed by atoms with van der Waals surface area (Å²) in [7, 11) is 1.31. The largest absolute Gasteiger partial charge is 0.469 e. The molecular formula is C16H20FN5O3. The van der Waals surface area contributed by atoms with E-state index < -0.39 is 0 Å². The number of hydrogen-bond acceptors (Lipinski definition) is 6. The van der Waals surface area contributed by atoms with Crippen LogP contribution in [0.25, 0.3) is 0 Å². The van der Waals surface area contributed by atoms with Gasteiger partial charge in [0.15, 0.2) is 5.82 Å². The van der Waals surface area contributed by atoms with Gasteiger partial charge in [-0.05, 0) is 29.8 Å². The first-order valence-corrected chi connectivity index (χ1v) is 7.87. The third-order valence-corrected chi connectivity index (χ3v) is 3.55. The van der Waals surface area contributed by atoms with E-state index in [0.717, 1.165) is 0 Å². The van der Waals surface area contributed by atoms with Crippen molar-refractivity contribution in [2.45, 2.75) is 32.9 Å². The molecule has 2 aromatic rings. The van der Waals surface area contributed by atoms with Crippen molar-refractivity contribution in [3.05, 3.63) is 41.5 Å². The quantitative estimate of drug-likeness (QED) is 0.660. The van der Waals surface area contributed by atoms with E-state index in [9.17, 15) is 14.0 Å². The Bertz CT molecular complexity index is 734. The number of likely N-dealkylation sites (N-methyl/N-ethyl adjacent to an activating group) is 1. The van der Waals surface area contributed by atoms with Gasteiger partial charge >= 0.3 is 5.97 Å². The zero-order valence-electron chi connectivity index (χ0n) is 14.2. The molecule has 0 saturated heterocycles. The number of hydrogen-bond donors (Lipinski definition) is 0. The van der Waals surface area contributed by atoms with Gasteiger partial charge in [0.25, 0.3) is 0 Å². The Labute approximate surface area is 144 Å². The van der Waals surface area contributed by atoms with Crippen molar-refractivity contribution in [1.82, 2.24) is 25.1 Å². The summed E-state index contributed by atoms with van der Waals surface area (Å²) >= 11 is 0. The van der Waals surface area contributed by atoms with Crippen LogP contribution in [0.15, 0.2) is 24.3 Å². The first kappa shape index (κ1) is 18.5. The maximum atomic E-state index is 13.3. The Morgan fingerprint density at radius 2 is 2.16 bits per heavy atom. The summed E-state index contributed by atoms with van der Waals surface area (Å²) in [6, 6.07) is 6.12. The molecule has 0 fully saturated rings. The molecule has 0 aliphatic rings. The van der Waals surface area contributed by atoms with Crippen LogP contribution in [0.4, 0.5) is 4.39 Å². The van der Waals surface area contributed by atoms with Gasteiger partial charge in [0.2, 0.25) is 5.91 Å². The highest BCUT2D eigenvalue weighted by Crippen LogP contribution is 2.08. The molecule has 25 heavy (non-hydrogen) atoms. The maximum absolute atomic E-state index is 13.3. The van der Waals surface area contributed by atoms with Crippen LogP contribution in [0.1, 0.15) is 24.7 Å². The third-order valence-electron chi connectivity index (χ3n) is 3.55. The Kier molecular flexibility index (Phi) is 6.55. The predicted octanol–water partition coefficient (Wildman–Crippen LogP) is 0.966. The standard InChI is InChI=1S/C16H20FN5O3/c1-3-21(10-12-5-4-6-13(17)9-12)15(23)11-22-19-14(18-20-22)7-8-16(24)25-2/h4-6,9H,3,7-8,10-11H2,1-2H3. The third kappa shape index (κ3) is 5.63. The summed E-state index contributed by atoms with van der Waals surface area (Å²) in [5.74, 6) is -0.538. The van der Waals surface area contributed by atoms with Crippen molar-refractivity contribution in [3.8, 4) is 0 Å². The molecule has 134 valence electrons. The molecule has 0 unspecified atom stereocenters. The number of esters is 1. The molecule has 0 atom stereocenters. The van der Waals surface area contributed by atoms with Crippen molar-refractivity contribution in [1.29, 1.82) is 0 Å². The van der Waals surface area contributed by atoms with Crippen molar-refractivity contribution in [2.75, 3.05) is 13.7 Å². The SMILES string of the molecule is CCN(Cc1cccc(F)c1)C(=O)Cn1nnc(CCC(=O)OC)n1. The van der Waals surface area contributed by atoms with Gasteiger partial charge in [0.05, 0.1) is 13.5 Å². The summed E-state index contributed by atoms with van der Waals surface area (Å²) in [6.07, 6.45) is 0.443. The normalized spacial score (nSPS) is 10.5. The molecule has 2 rings (SSSR count). The van der Waals surface area contributed by atoms with Crippen LogP contribution in [0.5, 0.6) is 0 Å². The molecular weight excluding hydrogens is 329 g/mol. The number of benzene rings is 1. The molecule has 8 nitrogen and oxygen atoms in total. The number of carbonyl (C=O) groups excluding carboxylic acids is 2. The molecule has 0 radical (unpaired) electrons. The Morgan fingerprint density at radius 1 is 1.36 bits per heavy atom. The minimum atomic E-state index is -0.361. The van der Waals surface area contributed by atoms with Crippen LogP contribution in [0.3, 0.4) is 0 Å². The molecule has 0 aliphatic carbocycles. The highest BCUT2D eigenvalue weighted by molar-refractivity contribution is 5.75. The van der Waals surface area contributed by atoms with Crippen LogP contribution < -0.4 is 0 Å². The lowest BCUT2D eigenvalue weighted by molar-refractivity contribution is -0.140. The van der Waals surface area contributed by atoms with E-state index in [0.29, 0.717) is 30.9 Å². The summed E-state index contributed by atoms with van der Waals surface area (Å²) in [5.41, 5.74) is 0.709. The van der Waals surface area contributed by atoms with Gasteiger partial charge in [-0.15, -0.1) is 10.2 Å². The number of nitrogens with zero attached hydrogens (tertiary/aromatic N) is 5. The average Bonchev–Trinajstić information content (AvgIpc) is 3.04. The fourth-order valence-electron chi connectivity index (χ4n) is 2.21. The lowest BCUT2D eigenvalue weighted by Crippen LogP contribution is -2.33. The minimum absolute atomic E-state index is 0.0750. The van der Waals surface area contributed by atoms with Crippen LogP contribution >= 0.6 is 0 Å². The molecule has 1 heterocycles. The van der Waals surface area contributed by atoms with Crippen molar-refractivity contribution in [3.63, 3.8) is 0 Å². The number of ether oxygens (including phenoxy) is 1. The Morgan fingerprint density at radius 3 is 2.84 bits per heavy atom. The van der Waals surface area contributed by atoms with E-state index in [-0.39, 0.29) is 30.7 Å². The number of rotatable bonds is 8. The summed E-state index contributed by atoms with van der Waals surface area (Å²) in [4.78, 5) is 26.2. The molecule has 0 saturated carbocycles. The van der Waals surface area contributed by atoms with Gasteiger partial charge in [0.1, 0.15) is 12.4 Å². The molecule has 0 spiro atoms. The minimum Gasteiger partial charge on any atom is -0.469 e. The van der Waals surface area contributed by atoms with E-state index in [1.807, 2.05) is 6.92 Å². The molecule has 9 heteroatoms. The maximum Gasteiger partial charge on any atom is 0.305 e. The Hall–Kier alpha value is -2.84. The first-order chi connectivity index (χ1) is 12.0. The van der Waals surface area contributed by atoms with Crippen molar-refractivity contribution < 1.29 is 18.7 Å². The topological polar surface area (TPSA) is 90.2 Å². The molecule has 1 aromatic heterocycles. The molecule has 1 aromatic carbocycles. The fraction of sp³-hybridized carbons (Fsp3) is 0.438. The number of carbonyl (C=O) groups is 2. The van der Waals surface area contributed by atoms with Gasteiger partial charge < -0.3 is 9.64 Å². The number of methoxy groups -OCH3 is 1. The summed E-state index contributed by atoms with van der Waals surface area (Å²) in [6.45, 7) is 2.54. The monoisotopic (exact) mass is 349 g/mol. The highest BCUT2D eigenvalue weighted by atomic mass is 19.1. The fourth-order valence-corrected chi connectivity index (χ4v) is 2.21. The number of aromatic nitrogens is 4. The number of amides is 1. The molecule has 0 bridgehead atoms. The second-order valence-electron chi connectivity index (χ2n) is 5.35. The van der Waals surface area contributed by atoms with E-state index in [4.69, 9.17) is 0 Å². The van der Waals surface area contributed by atoms with Crippen LogP contribution in [-0.4, -0.2) is 50.6 Å². The van der Waals surface area contributed by atoms with E-state index in [1.54, 1.807) is 17.0 Å². The zero-order valence-corrected chi connectivity index (χ0v) is 14.2. The van der Waals surface area contributed by atoms with Gasteiger partial charge in [-0.1, -0.05) is 12.1 Å². The van der Waals surface area contributed by atoms with Crippen LogP contribution in [0, 0.1) is 5.82 Å². The summed E-state index contributed by atoms with van der Waals surface area (Å²) in [5, 5.41) is 11.7. The van der Waals surface area contributed by atoms with Gasteiger partial charge in [0, 0.05) is 19.5 Å². The van der Waals surface area contributed by atoms with E-state index in [1.165, 1.54) is 24.0 Å². The molecule has 1 amide bonds. The lowest BCUT2D eigenvalue weighted by Gasteiger charge is -2.20. The van der Waals surface area contributed by atoms with Crippen LogP contribution in [0.2, 0.25) is 0 Å². The van der Waals surface area contributed by atoms with Crippen molar-refractivity contribution in [2.24, 2.45) is 0 Å². The van der Waals surface area contributed by atoms with Crippen LogP contribution in [-0.2, 0) is 33.8 Å². The lowest BCUT2D eigenvalue weighted by atomic mass is 10.2. The number of tetrazole rings is 1. The second kappa shape index (κ2) is 8.86. The molecule has 0 aliphatic heterocycles. The average molecular weight is 349 g/mol. The summed E-state index contributed by atoms with van der Waals surface area (Å²) < 4.78 is 17.8. The molecule has 0 N–H and O–H groups in total. The van der Waals surface area contributed by atoms with Gasteiger partial charge in [-0.25, -0.2) is 4.39 Å². The highest BCUT2D eigenvalue weighted by Gasteiger charge is 2.15. The Balaban J connectivity index is 1.93. The van der Waals surface area contributed by atoms with E-state index in [2.05, 4.69) is 20.1 Å². The first-order valence-electron chi connectivity index (χ1n) is 7.87. The second-order valence-corrected chi connectivity index (χ2v) is 5.35. The smallest absolute Gasteiger partial charge is 0.305 e. The van der Waals surface area contributed by atoms with Gasteiger partial charge in [-0.2, -0.15) is 4.80 Å². The van der Waals surface area contributed by atoms with Crippen molar-refractivity contribution >= 4 is 11.9 Å². The number of aryl methyl sites for hydroxylation is 1. The predicted molar refractivity (Wildman–Crippen MR) is 85.6 cm³/mol. The van der Waals surface area contributed by atoms with E-state index >= 15 is 0 Å².